The normalized spacial score (nSPS) is 15.2. The molecule has 2 nitrogen and oxygen atoms in total. The van der Waals surface area contributed by atoms with Crippen molar-refractivity contribution in [2.24, 2.45) is 0 Å². The van der Waals surface area contributed by atoms with Crippen molar-refractivity contribution in [1.82, 2.24) is 0 Å². The van der Waals surface area contributed by atoms with Crippen LogP contribution in [0, 0.1) is 0 Å². The largest absolute Gasteiger partial charge is 0.453 e. The maximum atomic E-state index is 6.36. The fourth-order valence-electron chi connectivity index (χ4n) is 10.9. The summed E-state index contributed by atoms with van der Waals surface area (Å²) in [6.07, 6.45) is 8.87. The average molecular weight is 798 g/mol. The molecule has 0 bridgehead atoms. The molecule has 0 atom stereocenters. The molecule has 3 aliphatic rings. The minimum Gasteiger partial charge on any atom is -0.453 e. The molecule has 3 heteroatoms. The zero-order chi connectivity index (χ0) is 41.4. The molecule has 0 saturated heterocycles. The van der Waals surface area contributed by atoms with Crippen LogP contribution in [0.3, 0.4) is 0 Å². The Balaban J connectivity index is 0.976. The Bertz CT molecular complexity index is 2790. The summed E-state index contributed by atoms with van der Waals surface area (Å²) in [7, 11) is -1.35. The van der Waals surface area contributed by atoms with E-state index in [1.54, 1.807) is 0 Å². The lowest BCUT2D eigenvalue weighted by Crippen LogP contribution is -2.37. The Kier molecular flexibility index (Phi) is 9.18. The molecule has 0 N–H and O–H groups in total. The van der Waals surface area contributed by atoms with Gasteiger partial charge in [0.2, 0.25) is 0 Å². The lowest BCUT2D eigenvalue weighted by Gasteiger charge is -2.34. The molecule has 7 aromatic carbocycles. The number of fused-ring (bicyclic) bond motifs is 8. The first-order valence-electron chi connectivity index (χ1n) is 22.2. The van der Waals surface area contributed by atoms with Crippen LogP contribution in [0.25, 0.3) is 45.5 Å². The third kappa shape index (κ3) is 5.80. The highest BCUT2D eigenvalue weighted by Crippen LogP contribution is 2.57. The van der Waals surface area contributed by atoms with Gasteiger partial charge >= 0.3 is 0 Å². The Hall–Kier alpha value is -5.90. The lowest BCUT2D eigenvalue weighted by atomic mass is 9.73. The van der Waals surface area contributed by atoms with E-state index in [0.29, 0.717) is 0 Å². The second kappa shape index (κ2) is 14.4. The van der Waals surface area contributed by atoms with Gasteiger partial charge in [-0.1, -0.05) is 168 Å². The van der Waals surface area contributed by atoms with Crippen LogP contribution in [-0.2, 0) is 10.8 Å². The Labute approximate surface area is 358 Å². The van der Waals surface area contributed by atoms with Gasteiger partial charge in [-0.2, -0.15) is 0 Å². The number of ether oxygens (including phenoxy) is 1. The Morgan fingerprint density at radius 3 is 1.40 bits per heavy atom. The molecule has 60 heavy (non-hydrogen) atoms. The van der Waals surface area contributed by atoms with Crippen molar-refractivity contribution in [2.45, 2.75) is 83.8 Å². The number of anilines is 3. The molecule has 0 spiro atoms. The Morgan fingerprint density at radius 1 is 0.467 bits per heavy atom. The summed E-state index contributed by atoms with van der Waals surface area (Å²) in [6.45, 7) is 16.7. The number of hydrogen-bond donors (Lipinski definition) is 0. The van der Waals surface area contributed by atoms with E-state index in [4.69, 9.17) is 4.74 Å². The molecule has 2 aliphatic carbocycles. The summed E-state index contributed by atoms with van der Waals surface area (Å²) in [6, 6.07) is 54.8. The highest BCUT2D eigenvalue weighted by molar-refractivity contribution is 6.88. The van der Waals surface area contributed by atoms with E-state index < -0.39 is 8.07 Å². The molecule has 1 aliphatic heterocycles. The lowest BCUT2D eigenvalue weighted by molar-refractivity contribution is 0.476. The monoisotopic (exact) mass is 797 g/mol. The first kappa shape index (κ1) is 38.3. The van der Waals surface area contributed by atoms with Crippen molar-refractivity contribution in [2.75, 3.05) is 4.90 Å². The maximum absolute atomic E-state index is 6.36. The molecule has 0 aromatic heterocycles. The number of hydrogen-bond acceptors (Lipinski definition) is 2. The van der Waals surface area contributed by atoms with Gasteiger partial charge in [0.15, 0.2) is 11.5 Å². The maximum Gasteiger partial charge on any atom is 0.151 e. The van der Waals surface area contributed by atoms with E-state index in [2.05, 4.69) is 198 Å². The smallest absolute Gasteiger partial charge is 0.151 e. The molecule has 1 heterocycles. The third-order valence-electron chi connectivity index (χ3n) is 14.4. The van der Waals surface area contributed by atoms with E-state index >= 15 is 0 Å². The number of benzene rings is 7. The molecule has 0 amide bonds. The molecule has 0 saturated carbocycles. The van der Waals surface area contributed by atoms with Gasteiger partial charge in [0.1, 0.15) is 0 Å². The summed E-state index contributed by atoms with van der Waals surface area (Å²) in [5.74, 6) is 1.76. The number of nitrogens with zero attached hydrogens (tertiary/aromatic N) is 1. The molecular weight excluding hydrogens is 743 g/mol. The standard InChI is InChI=1S/C57H55NOSi/c1-8-56(9-2)48-34-38(22-30-44(48)46-32-26-41(36-50(46)56)40-24-28-43(29-25-40)60(5,6)7)20-21-39-23-31-45-47-33-27-42(37-51(47)57(10-3,11-4)49(45)35-39)58-52-16-12-14-18-54(52)59-55-19-15-13-17-53(55)58/h12-37H,8-11H2,1-7H3/b21-20+. The molecule has 298 valence electrons. The molecular formula is C57H55NOSi. The zero-order valence-electron chi connectivity index (χ0n) is 36.2. The van der Waals surface area contributed by atoms with E-state index in [1.165, 1.54) is 71.9 Å². The van der Waals surface area contributed by atoms with Crippen molar-refractivity contribution in [1.29, 1.82) is 0 Å². The van der Waals surface area contributed by atoms with Crippen molar-refractivity contribution < 1.29 is 4.74 Å². The van der Waals surface area contributed by atoms with Gasteiger partial charge in [-0.05, 0) is 135 Å². The SMILES string of the molecule is CCC1(CC)c2cc(/C=C/c3ccc4c(c3)C(CC)(CC)c3cc(N5c6ccccc6Oc6ccccc65)ccc3-4)ccc2-c2ccc(-c3ccc([Si](C)(C)C)cc3)cc21. The number of para-hydroxylation sites is 4. The minimum absolute atomic E-state index is 0.00573. The second-order valence-electron chi connectivity index (χ2n) is 18.2. The van der Waals surface area contributed by atoms with E-state index in [0.717, 1.165) is 54.2 Å². The Morgan fingerprint density at radius 2 is 0.900 bits per heavy atom. The predicted molar refractivity (Wildman–Crippen MR) is 259 cm³/mol. The molecule has 0 radical (unpaired) electrons. The van der Waals surface area contributed by atoms with Gasteiger partial charge in [0.25, 0.3) is 0 Å². The highest BCUT2D eigenvalue weighted by Gasteiger charge is 2.42. The first-order valence-corrected chi connectivity index (χ1v) is 25.7. The minimum atomic E-state index is -1.35. The van der Waals surface area contributed by atoms with Crippen molar-refractivity contribution in [3.8, 4) is 44.9 Å². The summed E-state index contributed by atoms with van der Waals surface area (Å²) in [5.41, 5.74) is 19.6. The second-order valence-corrected chi connectivity index (χ2v) is 23.3. The van der Waals surface area contributed by atoms with Gasteiger partial charge < -0.3 is 9.64 Å². The van der Waals surface area contributed by atoms with Gasteiger partial charge in [0, 0.05) is 16.5 Å². The van der Waals surface area contributed by atoms with E-state index in [9.17, 15) is 0 Å². The van der Waals surface area contributed by atoms with Crippen molar-refractivity contribution >= 4 is 42.5 Å². The van der Waals surface area contributed by atoms with Crippen LogP contribution < -0.4 is 14.8 Å². The van der Waals surface area contributed by atoms with E-state index in [-0.39, 0.29) is 10.8 Å². The quantitative estimate of drug-likeness (QED) is 0.107. The van der Waals surface area contributed by atoms with Gasteiger partial charge in [-0.25, -0.2) is 0 Å². The van der Waals surface area contributed by atoms with Gasteiger partial charge in [-0.15, -0.1) is 0 Å². The molecule has 10 rings (SSSR count). The predicted octanol–water partition coefficient (Wildman–Crippen LogP) is 15.8. The van der Waals surface area contributed by atoms with Crippen LogP contribution >= 0.6 is 0 Å². The molecule has 7 aromatic rings. The first-order chi connectivity index (χ1) is 29.1. The van der Waals surface area contributed by atoms with Crippen molar-refractivity contribution in [3.63, 3.8) is 0 Å². The highest BCUT2D eigenvalue weighted by atomic mass is 28.3. The van der Waals surface area contributed by atoms with E-state index in [1.807, 2.05) is 12.1 Å². The van der Waals surface area contributed by atoms with Crippen LogP contribution in [0.5, 0.6) is 11.5 Å². The fraction of sp³-hybridized carbons (Fsp3) is 0.228. The fourth-order valence-corrected chi connectivity index (χ4v) is 12.1. The van der Waals surface area contributed by atoms with Crippen LogP contribution in [-0.4, -0.2) is 8.07 Å². The summed E-state index contributed by atoms with van der Waals surface area (Å²) in [5, 5.41) is 1.51. The zero-order valence-corrected chi connectivity index (χ0v) is 37.2. The molecule has 0 unspecified atom stereocenters. The molecule has 0 fully saturated rings. The van der Waals surface area contributed by atoms with Crippen molar-refractivity contribution in [3.05, 3.63) is 179 Å². The number of rotatable bonds is 9. The van der Waals surface area contributed by atoms with Gasteiger partial charge in [-0.3, -0.25) is 0 Å². The average Bonchev–Trinajstić information content (AvgIpc) is 3.72. The summed E-state index contributed by atoms with van der Waals surface area (Å²) >= 11 is 0. The van der Waals surface area contributed by atoms with Crippen LogP contribution in [0.15, 0.2) is 146 Å². The van der Waals surface area contributed by atoms with Crippen LogP contribution in [0.2, 0.25) is 19.6 Å². The summed E-state index contributed by atoms with van der Waals surface area (Å²) in [4.78, 5) is 2.37. The third-order valence-corrected chi connectivity index (χ3v) is 16.5. The topological polar surface area (TPSA) is 12.5 Å². The van der Waals surface area contributed by atoms with Crippen LogP contribution in [0.1, 0.15) is 86.8 Å². The van der Waals surface area contributed by atoms with Gasteiger partial charge in [0.05, 0.1) is 19.4 Å². The summed E-state index contributed by atoms with van der Waals surface area (Å²) < 4.78 is 6.36. The van der Waals surface area contributed by atoms with Crippen LogP contribution in [0.4, 0.5) is 17.1 Å².